The zero-order chi connectivity index (χ0) is 21.3. The van der Waals surface area contributed by atoms with Crippen molar-refractivity contribution in [3.8, 4) is 0 Å². The number of nitrogens with one attached hydrogen (secondary N) is 1. The number of halogens is 6. The lowest BCUT2D eigenvalue weighted by atomic mass is 10.1. The van der Waals surface area contributed by atoms with Crippen molar-refractivity contribution in [1.82, 2.24) is 9.97 Å². The quantitative estimate of drug-likeness (QED) is 0.645. The minimum atomic E-state index is -5.80. The van der Waals surface area contributed by atoms with Gasteiger partial charge in [-0.15, -0.1) is 0 Å². The molecule has 0 spiro atoms. The van der Waals surface area contributed by atoms with E-state index in [0.29, 0.717) is 10.5 Å². The number of carbonyl (C=O) groups is 1. The van der Waals surface area contributed by atoms with E-state index in [0.717, 1.165) is 6.07 Å². The third kappa shape index (κ3) is 4.46. The highest BCUT2D eigenvalue weighted by Gasteiger charge is 2.58. The number of rotatable bonds is 5. The lowest BCUT2D eigenvalue weighted by Crippen LogP contribution is -2.33. The smallest absolute Gasteiger partial charge is 0.305 e. The Balaban J connectivity index is 2.32. The number of hydrogen-bond acceptors (Lipinski definition) is 5. The Morgan fingerprint density at radius 1 is 1.14 bits per heavy atom. The molecule has 0 aliphatic rings. The van der Waals surface area contributed by atoms with Crippen LogP contribution in [0.2, 0.25) is 0 Å². The lowest BCUT2D eigenvalue weighted by molar-refractivity contribution is -0.289. The van der Waals surface area contributed by atoms with Crippen molar-refractivity contribution in [2.24, 2.45) is 0 Å². The summed E-state index contributed by atoms with van der Waals surface area (Å²) in [6, 6.07) is 2.36. The number of hydrogen-bond donors (Lipinski definition) is 1. The van der Waals surface area contributed by atoms with Crippen LogP contribution < -0.4 is 5.32 Å². The highest BCUT2D eigenvalue weighted by atomic mass is 79.9. The van der Waals surface area contributed by atoms with E-state index in [9.17, 15) is 35.2 Å². The molecule has 1 amide bonds. The van der Waals surface area contributed by atoms with Crippen molar-refractivity contribution in [2.45, 2.75) is 23.9 Å². The maximum Gasteiger partial charge on any atom is 0.458 e. The highest BCUT2D eigenvalue weighted by molar-refractivity contribution is 9.10. The molecule has 0 atom stereocenters. The molecule has 2 aromatic heterocycles. The zero-order valence-electron chi connectivity index (χ0n) is 13.9. The third-order valence-electron chi connectivity index (χ3n) is 3.47. The van der Waals surface area contributed by atoms with Gasteiger partial charge in [-0.1, -0.05) is 6.92 Å². The molecule has 0 unspecified atom stereocenters. The van der Waals surface area contributed by atoms with Crippen LogP contribution in [0.15, 0.2) is 40.0 Å². The van der Waals surface area contributed by atoms with E-state index >= 15 is 0 Å². The number of alkyl halides is 5. The first-order valence-corrected chi connectivity index (χ1v) is 9.85. The van der Waals surface area contributed by atoms with Gasteiger partial charge in [0.2, 0.25) is 0 Å². The molecule has 0 saturated carbocycles. The third-order valence-corrected chi connectivity index (χ3v) is 5.65. The summed E-state index contributed by atoms with van der Waals surface area (Å²) in [6.07, 6.45) is -4.37. The van der Waals surface area contributed by atoms with Crippen LogP contribution in [0.5, 0.6) is 0 Å². The Kier molecular flexibility index (Phi) is 6.09. The van der Waals surface area contributed by atoms with E-state index < -0.39 is 39.1 Å². The summed E-state index contributed by atoms with van der Waals surface area (Å²) in [7, 11) is -3.83. The van der Waals surface area contributed by atoms with E-state index in [1.807, 2.05) is 0 Å². The lowest BCUT2D eigenvalue weighted by Gasteiger charge is -2.19. The van der Waals surface area contributed by atoms with Crippen molar-refractivity contribution >= 4 is 37.5 Å². The van der Waals surface area contributed by atoms with Gasteiger partial charge < -0.3 is 5.32 Å². The predicted molar refractivity (Wildman–Crippen MR) is 91.8 cm³/mol. The molecule has 152 valence electrons. The van der Waals surface area contributed by atoms with Gasteiger partial charge in [0.05, 0.1) is 10.6 Å². The van der Waals surface area contributed by atoms with Gasteiger partial charge in [-0.3, -0.25) is 4.79 Å². The van der Waals surface area contributed by atoms with Crippen LogP contribution in [-0.4, -0.2) is 36.2 Å². The van der Waals surface area contributed by atoms with Gasteiger partial charge in [0.1, 0.15) is 11.5 Å². The average molecular weight is 488 g/mol. The van der Waals surface area contributed by atoms with Crippen molar-refractivity contribution < 1.29 is 35.2 Å². The minimum absolute atomic E-state index is 0.266. The maximum absolute atomic E-state index is 13.2. The molecule has 0 aromatic carbocycles. The molecule has 0 aliphatic carbocycles. The van der Waals surface area contributed by atoms with Gasteiger partial charge in [-0.25, -0.2) is 18.4 Å². The van der Waals surface area contributed by atoms with Crippen LogP contribution in [0.4, 0.5) is 27.8 Å². The van der Waals surface area contributed by atoms with Crippen LogP contribution in [-0.2, 0) is 15.8 Å². The Labute approximate surface area is 164 Å². The molecule has 13 heteroatoms. The van der Waals surface area contributed by atoms with E-state index in [1.54, 1.807) is 0 Å². The maximum atomic E-state index is 13.2. The fraction of sp³-hybridized carbons (Fsp3) is 0.267. The monoisotopic (exact) mass is 487 g/mol. The summed E-state index contributed by atoms with van der Waals surface area (Å²) in [5, 5.41) is 2.11. The zero-order valence-corrected chi connectivity index (χ0v) is 16.3. The largest absolute Gasteiger partial charge is 0.458 e. The standard InChI is InChI=1S/C15H11BrF5N3O3S/c1-2-28(26,27)10-5-9(16)7-23-12(10)13(25)24-11-4-3-8(6-22-11)14(17,18)15(19,20)21/h3-7H,2H2,1H3,(H,22,24,25). The second kappa shape index (κ2) is 7.70. The Hall–Kier alpha value is -2.15. The number of sulfone groups is 1. The summed E-state index contributed by atoms with van der Waals surface area (Å²) in [6.45, 7) is 1.36. The molecule has 0 aliphatic heterocycles. The summed E-state index contributed by atoms with van der Waals surface area (Å²) >= 11 is 3.04. The topological polar surface area (TPSA) is 89.0 Å². The molecule has 2 aromatic rings. The van der Waals surface area contributed by atoms with E-state index in [-0.39, 0.29) is 22.7 Å². The number of anilines is 1. The van der Waals surface area contributed by atoms with Crippen LogP contribution in [0.3, 0.4) is 0 Å². The number of pyridine rings is 2. The van der Waals surface area contributed by atoms with Crippen molar-refractivity contribution in [3.05, 3.63) is 46.3 Å². The molecule has 0 radical (unpaired) electrons. The minimum Gasteiger partial charge on any atom is -0.305 e. The normalized spacial score (nSPS) is 12.7. The molecule has 0 saturated heterocycles. The van der Waals surface area contributed by atoms with Crippen LogP contribution in [0, 0.1) is 0 Å². The first-order chi connectivity index (χ1) is 12.8. The van der Waals surface area contributed by atoms with Crippen LogP contribution in [0.1, 0.15) is 23.0 Å². The number of aromatic nitrogens is 2. The van der Waals surface area contributed by atoms with E-state index in [2.05, 4.69) is 31.2 Å². The number of nitrogens with zero attached hydrogens (tertiary/aromatic N) is 2. The molecule has 2 heterocycles. The molecule has 28 heavy (non-hydrogen) atoms. The van der Waals surface area contributed by atoms with E-state index in [1.165, 1.54) is 19.2 Å². The molecular formula is C15H11BrF5N3O3S. The van der Waals surface area contributed by atoms with Crippen molar-refractivity contribution in [2.75, 3.05) is 11.1 Å². The van der Waals surface area contributed by atoms with Crippen LogP contribution in [0.25, 0.3) is 0 Å². The van der Waals surface area contributed by atoms with Crippen molar-refractivity contribution in [3.63, 3.8) is 0 Å². The second-order valence-corrected chi connectivity index (χ2v) is 8.52. The highest BCUT2D eigenvalue weighted by Crippen LogP contribution is 2.43. The number of carbonyl (C=O) groups excluding carboxylic acids is 1. The summed E-state index contributed by atoms with van der Waals surface area (Å²) in [4.78, 5) is 19.1. The van der Waals surface area contributed by atoms with Gasteiger partial charge in [-0.05, 0) is 34.1 Å². The SMILES string of the molecule is CCS(=O)(=O)c1cc(Br)cnc1C(=O)Nc1ccc(C(F)(F)C(F)(F)F)cn1. The Bertz CT molecular complexity index is 995. The molecule has 2 rings (SSSR count). The van der Waals surface area contributed by atoms with Gasteiger partial charge >= 0.3 is 12.1 Å². The molecule has 1 N–H and O–H groups in total. The summed E-state index contributed by atoms with van der Waals surface area (Å²) in [5.74, 6) is -6.82. The fourth-order valence-electron chi connectivity index (χ4n) is 1.98. The van der Waals surface area contributed by atoms with Gasteiger partial charge in [0, 0.05) is 22.4 Å². The van der Waals surface area contributed by atoms with Crippen molar-refractivity contribution in [1.29, 1.82) is 0 Å². The summed E-state index contributed by atoms with van der Waals surface area (Å²) in [5.41, 5.74) is -1.88. The Morgan fingerprint density at radius 3 is 2.29 bits per heavy atom. The predicted octanol–water partition coefficient (Wildman–Crippen LogP) is 3.94. The molecule has 0 fully saturated rings. The molecular weight excluding hydrogens is 477 g/mol. The van der Waals surface area contributed by atoms with Crippen LogP contribution >= 0.6 is 15.9 Å². The molecule has 6 nitrogen and oxygen atoms in total. The van der Waals surface area contributed by atoms with Gasteiger partial charge in [0.15, 0.2) is 9.84 Å². The first-order valence-electron chi connectivity index (χ1n) is 7.40. The van der Waals surface area contributed by atoms with Gasteiger partial charge in [-0.2, -0.15) is 22.0 Å². The average Bonchev–Trinajstić information content (AvgIpc) is 2.61. The molecule has 0 bridgehead atoms. The Morgan fingerprint density at radius 2 is 1.79 bits per heavy atom. The summed E-state index contributed by atoms with van der Waals surface area (Å²) < 4.78 is 88.1. The first kappa shape index (κ1) is 22.1. The van der Waals surface area contributed by atoms with Gasteiger partial charge in [0.25, 0.3) is 5.91 Å². The second-order valence-electron chi connectivity index (χ2n) is 5.36. The van der Waals surface area contributed by atoms with E-state index in [4.69, 9.17) is 0 Å². The fourth-order valence-corrected chi connectivity index (χ4v) is 3.52. The number of amides is 1.